The van der Waals surface area contributed by atoms with E-state index in [1.54, 1.807) is 6.26 Å². The van der Waals surface area contributed by atoms with Gasteiger partial charge in [0.15, 0.2) is 14.1 Å². The highest BCUT2D eigenvalue weighted by Gasteiger charge is 2.26. The first-order valence-corrected chi connectivity index (χ1v) is 10.2. The standard InChI is InChI=1S/C16H20O3Si/c1-20(2,3)19-16(15-10-7-11-18-15)12-14(17)13-8-5-4-6-9-13/h4-11,16H,12H2,1-3H3. The predicted molar refractivity (Wildman–Crippen MR) is 81.3 cm³/mol. The van der Waals surface area contributed by atoms with Gasteiger partial charge in [0.25, 0.3) is 0 Å². The van der Waals surface area contributed by atoms with Gasteiger partial charge in [-0.25, -0.2) is 0 Å². The van der Waals surface area contributed by atoms with Crippen LogP contribution in [0.2, 0.25) is 19.6 Å². The van der Waals surface area contributed by atoms with Crippen molar-refractivity contribution in [1.82, 2.24) is 0 Å². The van der Waals surface area contributed by atoms with Crippen LogP contribution >= 0.6 is 0 Å². The fraction of sp³-hybridized carbons (Fsp3) is 0.312. The third-order valence-electron chi connectivity index (χ3n) is 2.82. The van der Waals surface area contributed by atoms with E-state index in [1.807, 2.05) is 42.5 Å². The molecule has 0 saturated carbocycles. The number of carbonyl (C=O) groups excluding carboxylic acids is 1. The Balaban J connectivity index is 2.14. The van der Waals surface area contributed by atoms with Gasteiger partial charge < -0.3 is 8.84 Å². The minimum absolute atomic E-state index is 0.0743. The van der Waals surface area contributed by atoms with E-state index in [9.17, 15) is 4.79 Å². The number of furan rings is 1. The Morgan fingerprint density at radius 1 is 1.15 bits per heavy atom. The second-order valence-electron chi connectivity index (χ2n) is 5.73. The van der Waals surface area contributed by atoms with Gasteiger partial charge in [0.2, 0.25) is 0 Å². The summed E-state index contributed by atoms with van der Waals surface area (Å²) >= 11 is 0. The average Bonchev–Trinajstić information content (AvgIpc) is 2.91. The molecule has 2 rings (SSSR count). The van der Waals surface area contributed by atoms with Crippen molar-refractivity contribution in [2.75, 3.05) is 0 Å². The van der Waals surface area contributed by atoms with Crippen LogP contribution in [0.5, 0.6) is 0 Å². The molecular weight excluding hydrogens is 268 g/mol. The Labute approximate surface area is 120 Å². The number of hydrogen-bond acceptors (Lipinski definition) is 3. The summed E-state index contributed by atoms with van der Waals surface area (Å²) in [6.45, 7) is 6.32. The highest BCUT2D eigenvalue weighted by atomic mass is 28.4. The summed E-state index contributed by atoms with van der Waals surface area (Å²) in [5.41, 5.74) is 0.711. The van der Waals surface area contributed by atoms with Gasteiger partial charge in [-0.3, -0.25) is 4.79 Å². The Bertz CT molecular complexity index is 541. The van der Waals surface area contributed by atoms with Crippen LogP contribution in [0.4, 0.5) is 0 Å². The van der Waals surface area contributed by atoms with Crippen molar-refractivity contribution in [2.24, 2.45) is 0 Å². The largest absolute Gasteiger partial charge is 0.467 e. The van der Waals surface area contributed by atoms with E-state index in [0.29, 0.717) is 12.0 Å². The van der Waals surface area contributed by atoms with Gasteiger partial charge in [0, 0.05) is 12.0 Å². The number of hydrogen-bond donors (Lipinski definition) is 0. The highest BCUT2D eigenvalue weighted by Crippen LogP contribution is 2.27. The molecule has 0 amide bonds. The maximum atomic E-state index is 12.3. The average molecular weight is 288 g/mol. The lowest BCUT2D eigenvalue weighted by molar-refractivity contribution is 0.0874. The van der Waals surface area contributed by atoms with Crippen LogP contribution in [0.3, 0.4) is 0 Å². The molecule has 0 aliphatic heterocycles. The van der Waals surface area contributed by atoms with Crippen molar-refractivity contribution < 1.29 is 13.6 Å². The van der Waals surface area contributed by atoms with Crippen LogP contribution in [0.15, 0.2) is 53.1 Å². The number of ketones is 1. The third kappa shape index (κ3) is 4.18. The van der Waals surface area contributed by atoms with E-state index in [4.69, 9.17) is 8.84 Å². The first-order valence-electron chi connectivity index (χ1n) is 6.75. The Kier molecular flexibility index (Phi) is 4.57. The third-order valence-corrected chi connectivity index (χ3v) is 3.81. The van der Waals surface area contributed by atoms with Gasteiger partial charge in [0.1, 0.15) is 11.9 Å². The van der Waals surface area contributed by atoms with Crippen LogP contribution in [-0.2, 0) is 4.43 Å². The van der Waals surface area contributed by atoms with Gasteiger partial charge in [0.05, 0.1) is 6.26 Å². The van der Waals surface area contributed by atoms with Gasteiger partial charge in [-0.1, -0.05) is 30.3 Å². The molecule has 0 aliphatic rings. The smallest absolute Gasteiger partial charge is 0.184 e. The second-order valence-corrected chi connectivity index (χ2v) is 10.2. The zero-order valence-electron chi connectivity index (χ0n) is 12.1. The molecule has 0 fully saturated rings. The lowest BCUT2D eigenvalue weighted by atomic mass is 10.0. The molecule has 20 heavy (non-hydrogen) atoms. The van der Waals surface area contributed by atoms with Crippen molar-refractivity contribution in [3.8, 4) is 0 Å². The number of benzene rings is 1. The van der Waals surface area contributed by atoms with Crippen molar-refractivity contribution in [3.63, 3.8) is 0 Å². The molecule has 4 heteroatoms. The normalized spacial score (nSPS) is 13.2. The van der Waals surface area contributed by atoms with Crippen LogP contribution in [-0.4, -0.2) is 14.1 Å². The van der Waals surface area contributed by atoms with Gasteiger partial charge in [-0.05, 0) is 31.8 Å². The fourth-order valence-electron chi connectivity index (χ4n) is 2.01. The summed E-state index contributed by atoms with van der Waals surface area (Å²) in [5, 5.41) is 0. The predicted octanol–water partition coefficient (Wildman–Crippen LogP) is 4.45. The molecule has 1 unspecified atom stereocenters. The quantitative estimate of drug-likeness (QED) is 0.582. The van der Waals surface area contributed by atoms with Crippen LogP contribution in [0, 0.1) is 0 Å². The molecule has 1 atom stereocenters. The van der Waals surface area contributed by atoms with Crippen molar-refractivity contribution in [2.45, 2.75) is 32.2 Å². The van der Waals surface area contributed by atoms with Crippen LogP contribution in [0.25, 0.3) is 0 Å². The molecule has 1 aromatic carbocycles. The maximum absolute atomic E-state index is 12.3. The minimum atomic E-state index is -1.76. The molecule has 1 aromatic heterocycles. The molecule has 0 radical (unpaired) electrons. The molecule has 0 spiro atoms. The lowest BCUT2D eigenvalue weighted by Crippen LogP contribution is -2.29. The molecule has 106 valence electrons. The summed E-state index contributed by atoms with van der Waals surface area (Å²) < 4.78 is 11.5. The Morgan fingerprint density at radius 2 is 1.85 bits per heavy atom. The fourth-order valence-corrected chi connectivity index (χ4v) is 3.06. The molecule has 0 N–H and O–H groups in total. The highest BCUT2D eigenvalue weighted by molar-refractivity contribution is 6.69. The molecule has 0 saturated heterocycles. The van der Waals surface area contributed by atoms with E-state index in [1.165, 1.54) is 0 Å². The van der Waals surface area contributed by atoms with E-state index in [2.05, 4.69) is 19.6 Å². The monoisotopic (exact) mass is 288 g/mol. The Morgan fingerprint density at radius 3 is 2.40 bits per heavy atom. The summed E-state index contributed by atoms with van der Waals surface area (Å²) in [6.07, 6.45) is 1.62. The number of carbonyl (C=O) groups is 1. The minimum Gasteiger partial charge on any atom is -0.467 e. The SMILES string of the molecule is C[Si](C)(C)OC(CC(=O)c1ccccc1)c1ccco1. The molecular formula is C16H20O3Si. The molecule has 1 heterocycles. The first kappa shape index (κ1) is 14.7. The van der Waals surface area contributed by atoms with Gasteiger partial charge >= 0.3 is 0 Å². The first-order chi connectivity index (χ1) is 9.46. The topological polar surface area (TPSA) is 39.4 Å². The zero-order valence-corrected chi connectivity index (χ0v) is 13.1. The molecule has 0 aliphatic carbocycles. The summed E-state index contributed by atoms with van der Waals surface area (Å²) in [4.78, 5) is 12.3. The second kappa shape index (κ2) is 6.20. The molecule has 3 nitrogen and oxygen atoms in total. The lowest BCUT2D eigenvalue weighted by Gasteiger charge is -2.24. The zero-order chi connectivity index (χ0) is 14.6. The summed E-state index contributed by atoms with van der Waals surface area (Å²) in [7, 11) is -1.76. The van der Waals surface area contributed by atoms with Crippen molar-refractivity contribution in [1.29, 1.82) is 0 Å². The maximum Gasteiger partial charge on any atom is 0.184 e. The molecule has 2 aromatic rings. The summed E-state index contributed by atoms with van der Waals surface area (Å²) in [5.74, 6) is 0.793. The van der Waals surface area contributed by atoms with Crippen molar-refractivity contribution >= 4 is 14.1 Å². The molecule has 0 bridgehead atoms. The van der Waals surface area contributed by atoms with E-state index < -0.39 is 8.32 Å². The van der Waals surface area contributed by atoms with E-state index in [-0.39, 0.29) is 11.9 Å². The van der Waals surface area contributed by atoms with Crippen LogP contribution in [0.1, 0.15) is 28.6 Å². The van der Waals surface area contributed by atoms with Gasteiger partial charge in [-0.2, -0.15) is 0 Å². The Hall–Kier alpha value is -1.65. The summed E-state index contributed by atoms with van der Waals surface area (Å²) in [6, 6.07) is 13.0. The van der Waals surface area contributed by atoms with Crippen LogP contribution < -0.4 is 0 Å². The number of rotatable bonds is 6. The number of Topliss-reactive ketones (excluding diaryl/α,β-unsaturated/α-hetero) is 1. The van der Waals surface area contributed by atoms with E-state index in [0.717, 1.165) is 5.76 Å². The van der Waals surface area contributed by atoms with Crippen molar-refractivity contribution in [3.05, 3.63) is 60.1 Å². The van der Waals surface area contributed by atoms with E-state index >= 15 is 0 Å². The van der Waals surface area contributed by atoms with Gasteiger partial charge in [-0.15, -0.1) is 0 Å².